The van der Waals surface area contributed by atoms with E-state index in [1.807, 2.05) is 17.0 Å². The first-order chi connectivity index (χ1) is 7.84. The topological polar surface area (TPSA) is 63.8 Å². The number of nitrogens with two attached hydrogens (primary N) is 1. The maximum absolute atomic E-state index is 5.55. The average molecular weight is 254 g/mol. The molecule has 0 bridgehead atoms. The zero-order valence-electron chi connectivity index (χ0n) is 8.85. The number of hydrogen-bond donors (Lipinski definition) is 2. The molecule has 4 nitrogen and oxygen atoms in total. The van der Waals surface area contributed by atoms with Crippen molar-refractivity contribution in [2.24, 2.45) is 0 Å². The summed E-state index contributed by atoms with van der Waals surface area (Å²) in [7, 11) is 0. The van der Waals surface area contributed by atoms with Gasteiger partial charge in [0.1, 0.15) is 0 Å². The summed E-state index contributed by atoms with van der Waals surface area (Å²) < 4.78 is 0. The van der Waals surface area contributed by atoms with Crippen LogP contribution in [0.5, 0.6) is 0 Å². The predicted molar refractivity (Wildman–Crippen MR) is 68.9 cm³/mol. The van der Waals surface area contributed by atoms with Gasteiger partial charge in [-0.25, -0.2) is 9.97 Å². The average Bonchev–Trinajstić information content (AvgIpc) is 2.89. The quantitative estimate of drug-likeness (QED) is 0.768. The first kappa shape index (κ1) is 11.5. The lowest BCUT2D eigenvalue weighted by Gasteiger charge is -2.01. The highest BCUT2D eigenvalue weighted by atomic mass is 32.1. The lowest BCUT2D eigenvalue weighted by molar-refractivity contribution is 0.675. The van der Waals surface area contributed by atoms with Crippen molar-refractivity contribution in [3.8, 4) is 0 Å². The Bertz CT molecular complexity index is 410. The number of nitrogens with one attached hydrogen (secondary N) is 1. The zero-order chi connectivity index (χ0) is 11.2. The van der Waals surface area contributed by atoms with Crippen molar-refractivity contribution >= 4 is 27.8 Å². The Morgan fingerprint density at radius 1 is 1.25 bits per heavy atom. The molecule has 2 aromatic heterocycles. The van der Waals surface area contributed by atoms with Crippen molar-refractivity contribution in [1.29, 1.82) is 0 Å². The highest BCUT2D eigenvalue weighted by molar-refractivity contribution is 7.13. The van der Waals surface area contributed by atoms with Gasteiger partial charge in [-0.2, -0.15) is 0 Å². The Morgan fingerprint density at radius 2 is 2.12 bits per heavy atom. The summed E-state index contributed by atoms with van der Waals surface area (Å²) in [6, 6.07) is 0. The number of nitrogens with zero attached hydrogens (tertiary/aromatic N) is 2. The van der Waals surface area contributed by atoms with Crippen LogP contribution in [0.2, 0.25) is 0 Å². The van der Waals surface area contributed by atoms with E-state index < -0.39 is 0 Å². The SMILES string of the molecule is Nc1nc(CCNCCc2nccs2)cs1. The summed E-state index contributed by atoms with van der Waals surface area (Å²) in [6.07, 6.45) is 3.78. The molecule has 0 atom stereocenters. The van der Waals surface area contributed by atoms with Gasteiger partial charge in [0.05, 0.1) is 10.7 Å². The molecule has 0 aliphatic heterocycles. The van der Waals surface area contributed by atoms with Crippen LogP contribution in [0.1, 0.15) is 10.7 Å². The molecule has 0 saturated heterocycles. The molecule has 0 fully saturated rings. The van der Waals surface area contributed by atoms with E-state index in [9.17, 15) is 0 Å². The van der Waals surface area contributed by atoms with E-state index in [1.165, 1.54) is 16.3 Å². The van der Waals surface area contributed by atoms with Gasteiger partial charge in [0.25, 0.3) is 0 Å². The molecule has 0 amide bonds. The second-order valence-corrected chi connectivity index (χ2v) is 5.22. The van der Waals surface area contributed by atoms with Crippen molar-refractivity contribution in [2.75, 3.05) is 18.8 Å². The summed E-state index contributed by atoms with van der Waals surface area (Å²) in [6.45, 7) is 1.90. The van der Waals surface area contributed by atoms with Crippen LogP contribution in [-0.2, 0) is 12.8 Å². The van der Waals surface area contributed by atoms with Gasteiger partial charge >= 0.3 is 0 Å². The zero-order valence-corrected chi connectivity index (χ0v) is 10.5. The molecule has 3 N–H and O–H groups in total. The van der Waals surface area contributed by atoms with Crippen molar-refractivity contribution < 1.29 is 0 Å². The summed E-state index contributed by atoms with van der Waals surface area (Å²) in [5.41, 5.74) is 6.63. The van der Waals surface area contributed by atoms with Crippen LogP contribution >= 0.6 is 22.7 Å². The highest BCUT2D eigenvalue weighted by Gasteiger charge is 1.98. The predicted octanol–water partition coefficient (Wildman–Crippen LogP) is 1.56. The molecule has 6 heteroatoms. The van der Waals surface area contributed by atoms with E-state index in [0.717, 1.165) is 31.6 Å². The van der Waals surface area contributed by atoms with E-state index in [1.54, 1.807) is 11.3 Å². The molecular formula is C10H14N4S2. The van der Waals surface area contributed by atoms with E-state index in [2.05, 4.69) is 15.3 Å². The minimum absolute atomic E-state index is 0.651. The van der Waals surface area contributed by atoms with E-state index in [4.69, 9.17) is 5.73 Å². The van der Waals surface area contributed by atoms with Gasteiger partial charge in [-0.3, -0.25) is 0 Å². The van der Waals surface area contributed by atoms with Crippen molar-refractivity contribution in [2.45, 2.75) is 12.8 Å². The number of aromatic nitrogens is 2. The van der Waals surface area contributed by atoms with Crippen LogP contribution in [0, 0.1) is 0 Å². The number of nitrogen functional groups attached to an aromatic ring is 1. The normalized spacial score (nSPS) is 10.8. The maximum atomic E-state index is 5.55. The second-order valence-electron chi connectivity index (χ2n) is 3.35. The molecule has 2 rings (SSSR count). The highest BCUT2D eigenvalue weighted by Crippen LogP contribution is 2.10. The van der Waals surface area contributed by atoms with Crippen LogP contribution in [0.3, 0.4) is 0 Å². The summed E-state index contributed by atoms with van der Waals surface area (Å²) in [5, 5.41) is 9.23. The summed E-state index contributed by atoms with van der Waals surface area (Å²) >= 11 is 3.20. The Balaban J connectivity index is 1.59. The Morgan fingerprint density at radius 3 is 2.81 bits per heavy atom. The number of thiazole rings is 2. The van der Waals surface area contributed by atoms with Gasteiger partial charge in [-0.05, 0) is 0 Å². The van der Waals surface area contributed by atoms with Gasteiger partial charge in [0.2, 0.25) is 0 Å². The van der Waals surface area contributed by atoms with Crippen LogP contribution < -0.4 is 11.1 Å². The molecule has 0 saturated carbocycles. The van der Waals surface area contributed by atoms with E-state index >= 15 is 0 Å². The number of rotatable bonds is 6. The Hall–Kier alpha value is -0.980. The fourth-order valence-electron chi connectivity index (χ4n) is 1.35. The molecule has 0 aromatic carbocycles. The first-order valence-electron chi connectivity index (χ1n) is 5.13. The van der Waals surface area contributed by atoms with Crippen molar-refractivity contribution in [3.63, 3.8) is 0 Å². The third-order valence-electron chi connectivity index (χ3n) is 2.13. The number of hydrogen-bond acceptors (Lipinski definition) is 6. The monoisotopic (exact) mass is 254 g/mol. The number of anilines is 1. The standard InChI is InChI=1S/C10H14N4S2/c11-10-14-8(7-16-10)1-3-12-4-2-9-13-5-6-15-9/h5-7,12H,1-4H2,(H2,11,14). The summed E-state index contributed by atoms with van der Waals surface area (Å²) in [5.74, 6) is 0. The molecule has 16 heavy (non-hydrogen) atoms. The Labute approximate surface area is 103 Å². The van der Waals surface area contributed by atoms with Crippen LogP contribution in [-0.4, -0.2) is 23.1 Å². The third-order valence-corrected chi connectivity index (χ3v) is 3.69. The Kier molecular flexibility index (Phi) is 4.26. The van der Waals surface area contributed by atoms with Crippen molar-refractivity contribution in [1.82, 2.24) is 15.3 Å². The molecule has 0 unspecified atom stereocenters. The fraction of sp³-hybridized carbons (Fsp3) is 0.400. The molecule has 2 heterocycles. The van der Waals surface area contributed by atoms with Crippen LogP contribution in [0.4, 0.5) is 5.13 Å². The minimum Gasteiger partial charge on any atom is -0.375 e. The minimum atomic E-state index is 0.651. The van der Waals surface area contributed by atoms with Gasteiger partial charge in [-0.15, -0.1) is 22.7 Å². The smallest absolute Gasteiger partial charge is 0.180 e. The second kappa shape index (κ2) is 5.93. The van der Waals surface area contributed by atoms with Gasteiger partial charge in [-0.1, -0.05) is 0 Å². The lowest BCUT2D eigenvalue weighted by atomic mass is 10.3. The van der Waals surface area contributed by atoms with Crippen LogP contribution in [0.15, 0.2) is 17.0 Å². The largest absolute Gasteiger partial charge is 0.375 e. The molecular weight excluding hydrogens is 240 g/mol. The molecule has 0 aliphatic carbocycles. The van der Waals surface area contributed by atoms with E-state index in [0.29, 0.717) is 5.13 Å². The maximum Gasteiger partial charge on any atom is 0.180 e. The first-order valence-corrected chi connectivity index (χ1v) is 6.89. The van der Waals surface area contributed by atoms with Crippen LogP contribution in [0.25, 0.3) is 0 Å². The van der Waals surface area contributed by atoms with E-state index in [-0.39, 0.29) is 0 Å². The summed E-state index contributed by atoms with van der Waals surface area (Å²) in [4.78, 5) is 8.43. The molecule has 0 radical (unpaired) electrons. The van der Waals surface area contributed by atoms with Gasteiger partial charge in [0, 0.05) is 42.9 Å². The molecule has 2 aromatic rings. The van der Waals surface area contributed by atoms with Gasteiger partial charge in [0.15, 0.2) is 5.13 Å². The van der Waals surface area contributed by atoms with Crippen molar-refractivity contribution in [3.05, 3.63) is 27.7 Å². The van der Waals surface area contributed by atoms with Gasteiger partial charge < -0.3 is 11.1 Å². The molecule has 86 valence electrons. The fourth-order valence-corrected chi connectivity index (χ4v) is 2.57. The molecule has 0 spiro atoms. The third kappa shape index (κ3) is 3.55. The molecule has 0 aliphatic rings. The lowest BCUT2D eigenvalue weighted by Crippen LogP contribution is -2.20.